The summed E-state index contributed by atoms with van der Waals surface area (Å²) in [6.07, 6.45) is 0. The van der Waals surface area contributed by atoms with E-state index in [1.165, 1.54) is 0 Å². The number of piperazine rings is 1. The fourth-order valence-electron chi connectivity index (χ4n) is 1.81. The molecule has 5 heteroatoms. The van der Waals surface area contributed by atoms with Crippen molar-refractivity contribution < 1.29 is 4.79 Å². The molecular weight excluding hydrogens is 204 g/mol. The summed E-state index contributed by atoms with van der Waals surface area (Å²) in [5.41, 5.74) is 12.9. The molecule has 2 rings (SSSR count). The second-order valence-corrected chi connectivity index (χ2v) is 3.89. The maximum absolute atomic E-state index is 12.1. The number of nitrogens with one attached hydrogen (secondary N) is 1. The van der Waals surface area contributed by atoms with Crippen LogP contribution in [0.15, 0.2) is 18.2 Å². The minimum atomic E-state index is -0.0148. The molecule has 1 aliphatic rings. The quantitative estimate of drug-likeness (QED) is 0.577. The van der Waals surface area contributed by atoms with Gasteiger partial charge in [0.25, 0.3) is 5.91 Å². The largest absolute Gasteiger partial charge is 0.399 e. The fraction of sp³-hybridized carbons (Fsp3) is 0.364. The number of hydrogen-bond donors (Lipinski definition) is 3. The zero-order chi connectivity index (χ0) is 11.5. The Hall–Kier alpha value is -1.75. The molecule has 0 spiro atoms. The third-order valence-electron chi connectivity index (χ3n) is 2.71. The highest BCUT2D eigenvalue weighted by molar-refractivity contribution is 5.99. The first kappa shape index (κ1) is 10.8. The van der Waals surface area contributed by atoms with Crippen LogP contribution in [0.2, 0.25) is 0 Å². The molecule has 0 unspecified atom stereocenters. The van der Waals surface area contributed by atoms with Gasteiger partial charge in [-0.2, -0.15) is 0 Å². The predicted molar refractivity (Wildman–Crippen MR) is 64.0 cm³/mol. The summed E-state index contributed by atoms with van der Waals surface area (Å²) in [6, 6.07) is 5.01. The minimum Gasteiger partial charge on any atom is -0.399 e. The van der Waals surface area contributed by atoms with Gasteiger partial charge in [0, 0.05) is 37.6 Å². The summed E-state index contributed by atoms with van der Waals surface area (Å²) in [5.74, 6) is -0.0148. The number of anilines is 2. The van der Waals surface area contributed by atoms with Crippen LogP contribution in [-0.2, 0) is 0 Å². The second-order valence-electron chi connectivity index (χ2n) is 3.89. The molecule has 5 nitrogen and oxygen atoms in total. The summed E-state index contributed by atoms with van der Waals surface area (Å²) in [4.78, 5) is 13.9. The number of benzene rings is 1. The van der Waals surface area contributed by atoms with Gasteiger partial charge >= 0.3 is 0 Å². The molecule has 1 fully saturated rings. The van der Waals surface area contributed by atoms with Gasteiger partial charge in [-0.25, -0.2) is 0 Å². The number of rotatable bonds is 1. The first-order chi connectivity index (χ1) is 7.68. The van der Waals surface area contributed by atoms with Gasteiger partial charge in [-0.1, -0.05) is 0 Å². The Morgan fingerprint density at radius 1 is 1.25 bits per heavy atom. The lowest BCUT2D eigenvalue weighted by Crippen LogP contribution is -2.46. The standard InChI is InChI=1S/C11H16N4O/c12-8-1-2-9(10(13)7-8)11(16)15-5-3-14-4-6-15/h1-2,7,14H,3-6,12-13H2. The van der Waals surface area contributed by atoms with Crippen molar-refractivity contribution in [3.8, 4) is 0 Å². The molecular formula is C11H16N4O. The number of nitrogens with two attached hydrogens (primary N) is 2. The maximum atomic E-state index is 12.1. The molecule has 16 heavy (non-hydrogen) atoms. The van der Waals surface area contributed by atoms with Crippen molar-refractivity contribution in [2.75, 3.05) is 37.6 Å². The summed E-state index contributed by atoms with van der Waals surface area (Å²) in [6.45, 7) is 3.12. The normalized spacial score (nSPS) is 16.1. The van der Waals surface area contributed by atoms with E-state index in [0.717, 1.165) is 26.2 Å². The Kier molecular flexibility index (Phi) is 2.96. The molecule has 0 atom stereocenters. The van der Waals surface area contributed by atoms with Gasteiger partial charge in [0.05, 0.1) is 5.56 Å². The molecule has 0 radical (unpaired) electrons. The second kappa shape index (κ2) is 4.40. The third kappa shape index (κ3) is 2.09. The van der Waals surface area contributed by atoms with Gasteiger partial charge in [-0.3, -0.25) is 4.79 Å². The van der Waals surface area contributed by atoms with Crippen molar-refractivity contribution in [2.24, 2.45) is 0 Å². The van der Waals surface area contributed by atoms with Crippen LogP contribution in [0.25, 0.3) is 0 Å². The van der Waals surface area contributed by atoms with Gasteiger partial charge in [-0.15, -0.1) is 0 Å². The van der Waals surface area contributed by atoms with Crippen LogP contribution >= 0.6 is 0 Å². The molecule has 5 N–H and O–H groups in total. The molecule has 1 saturated heterocycles. The summed E-state index contributed by atoms with van der Waals surface area (Å²) >= 11 is 0. The number of carbonyl (C=O) groups excluding carboxylic acids is 1. The van der Waals surface area contributed by atoms with Crippen LogP contribution in [0.4, 0.5) is 11.4 Å². The number of hydrogen-bond acceptors (Lipinski definition) is 4. The fourth-order valence-corrected chi connectivity index (χ4v) is 1.81. The Balaban J connectivity index is 2.19. The van der Waals surface area contributed by atoms with Crippen molar-refractivity contribution in [1.29, 1.82) is 0 Å². The van der Waals surface area contributed by atoms with E-state index in [1.54, 1.807) is 23.1 Å². The van der Waals surface area contributed by atoms with Crippen LogP contribution in [0.5, 0.6) is 0 Å². The van der Waals surface area contributed by atoms with Gasteiger partial charge in [0.1, 0.15) is 0 Å². The third-order valence-corrected chi connectivity index (χ3v) is 2.71. The van der Waals surface area contributed by atoms with Crippen molar-refractivity contribution in [3.63, 3.8) is 0 Å². The average Bonchev–Trinajstić information content (AvgIpc) is 2.29. The Morgan fingerprint density at radius 3 is 2.56 bits per heavy atom. The molecule has 0 aliphatic carbocycles. The highest BCUT2D eigenvalue weighted by Gasteiger charge is 2.19. The van der Waals surface area contributed by atoms with Crippen molar-refractivity contribution >= 4 is 17.3 Å². The molecule has 0 bridgehead atoms. The molecule has 1 aliphatic heterocycles. The topological polar surface area (TPSA) is 84.4 Å². The van der Waals surface area contributed by atoms with E-state index in [2.05, 4.69) is 5.32 Å². The number of nitrogens with zero attached hydrogens (tertiary/aromatic N) is 1. The highest BCUT2D eigenvalue weighted by Crippen LogP contribution is 2.17. The van der Waals surface area contributed by atoms with E-state index in [-0.39, 0.29) is 5.91 Å². The van der Waals surface area contributed by atoms with Crippen molar-refractivity contribution in [2.45, 2.75) is 0 Å². The zero-order valence-corrected chi connectivity index (χ0v) is 9.07. The lowest BCUT2D eigenvalue weighted by molar-refractivity contribution is 0.0737. The molecule has 1 aromatic carbocycles. The molecule has 86 valence electrons. The van der Waals surface area contributed by atoms with E-state index >= 15 is 0 Å². The monoisotopic (exact) mass is 220 g/mol. The molecule has 1 heterocycles. The van der Waals surface area contributed by atoms with E-state index in [0.29, 0.717) is 16.9 Å². The maximum Gasteiger partial charge on any atom is 0.256 e. The van der Waals surface area contributed by atoms with E-state index in [9.17, 15) is 4.79 Å². The number of carbonyl (C=O) groups is 1. The van der Waals surface area contributed by atoms with Crippen LogP contribution in [-0.4, -0.2) is 37.0 Å². The summed E-state index contributed by atoms with van der Waals surface area (Å²) in [5, 5.41) is 3.20. The highest BCUT2D eigenvalue weighted by atomic mass is 16.2. The molecule has 1 aromatic rings. The van der Waals surface area contributed by atoms with Gasteiger partial charge in [0.2, 0.25) is 0 Å². The Morgan fingerprint density at radius 2 is 1.94 bits per heavy atom. The predicted octanol–water partition coefficient (Wildman–Crippen LogP) is -0.104. The van der Waals surface area contributed by atoms with Crippen LogP contribution in [0.3, 0.4) is 0 Å². The average molecular weight is 220 g/mol. The minimum absolute atomic E-state index is 0.0148. The SMILES string of the molecule is Nc1ccc(C(=O)N2CCNCC2)c(N)c1. The first-order valence-corrected chi connectivity index (χ1v) is 5.33. The Bertz CT molecular complexity index is 399. The van der Waals surface area contributed by atoms with Crippen LogP contribution < -0.4 is 16.8 Å². The number of nitrogen functional groups attached to an aromatic ring is 2. The summed E-state index contributed by atoms with van der Waals surface area (Å²) in [7, 11) is 0. The van der Waals surface area contributed by atoms with Crippen molar-refractivity contribution in [3.05, 3.63) is 23.8 Å². The van der Waals surface area contributed by atoms with Crippen LogP contribution in [0, 0.1) is 0 Å². The van der Waals surface area contributed by atoms with Crippen LogP contribution in [0.1, 0.15) is 10.4 Å². The molecule has 1 amide bonds. The smallest absolute Gasteiger partial charge is 0.256 e. The van der Waals surface area contributed by atoms with Gasteiger partial charge in [0.15, 0.2) is 0 Å². The summed E-state index contributed by atoms with van der Waals surface area (Å²) < 4.78 is 0. The lowest BCUT2D eigenvalue weighted by Gasteiger charge is -2.27. The van der Waals surface area contributed by atoms with E-state index < -0.39 is 0 Å². The van der Waals surface area contributed by atoms with Gasteiger partial charge in [-0.05, 0) is 18.2 Å². The Labute approximate surface area is 94.4 Å². The molecule has 0 aromatic heterocycles. The van der Waals surface area contributed by atoms with Gasteiger partial charge < -0.3 is 21.7 Å². The lowest BCUT2D eigenvalue weighted by atomic mass is 10.1. The number of amides is 1. The molecule has 0 saturated carbocycles. The first-order valence-electron chi connectivity index (χ1n) is 5.33. The van der Waals surface area contributed by atoms with E-state index in [4.69, 9.17) is 11.5 Å². The van der Waals surface area contributed by atoms with E-state index in [1.807, 2.05) is 0 Å². The van der Waals surface area contributed by atoms with Crippen molar-refractivity contribution in [1.82, 2.24) is 10.2 Å². The zero-order valence-electron chi connectivity index (χ0n) is 9.07.